The van der Waals surface area contributed by atoms with Crippen molar-refractivity contribution in [3.8, 4) is 11.3 Å². The van der Waals surface area contributed by atoms with Gasteiger partial charge in [0.15, 0.2) is 5.13 Å². The fourth-order valence-corrected chi connectivity index (χ4v) is 6.37. The van der Waals surface area contributed by atoms with Gasteiger partial charge in [0.25, 0.3) is 5.91 Å². The summed E-state index contributed by atoms with van der Waals surface area (Å²) >= 11 is 1.38. The smallest absolute Gasteiger partial charge is 0.257 e. The van der Waals surface area contributed by atoms with E-state index in [0.29, 0.717) is 29.3 Å². The molecule has 0 atom stereocenters. The van der Waals surface area contributed by atoms with Crippen molar-refractivity contribution in [1.82, 2.24) is 4.98 Å². The molecule has 0 radical (unpaired) electrons. The molecule has 1 aliphatic carbocycles. The topological polar surface area (TPSA) is 79.4 Å². The van der Waals surface area contributed by atoms with Crippen molar-refractivity contribution < 1.29 is 13.2 Å². The van der Waals surface area contributed by atoms with Crippen LogP contribution in [0.25, 0.3) is 11.3 Å². The summed E-state index contributed by atoms with van der Waals surface area (Å²) in [4.78, 5) is 17.3. The van der Waals surface area contributed by atoms with Crippen molar-refractivity contribution in [3.05, 3.63) is 64.5 Å². The van der Waals surface area contributed by atoms with Crippen LogP contribution in [0.4, 0.5) is 10.8 Å². The highest BCUT2D eigenvalue weighted by molar-refractivity contribution is 7.93. The largest absolute Gasteiger partial charge is 0.298 e. The highest BCUT2D eigenvalue weighted by Gasteiger charge is 2.28. The molecule has 30 heavy (non-hydrogen) atoms. The summed E-state index contributed by atoms with van der Waals surface area (Å²) in [5.41, 5.74) is 5.65. The van der Waals surface area contributed by atoms with Gasteiger partial charge in [-0.3, -0.25) is 14.4 Å². The summed E-state index contributed by atoms with van der Waals surface area (Å²) in [6, 6.07) is 13.2. The van der Waals surface area contributed by atoms with Crippen molar-refractivity contribution in [2.45, 2.75) is 25.7 Å². The summed E-state index contributed by atoms with van der Waals surface area (Å²) < 4.78 is 25.7. The number of amides is 1. The third-order valence-electron chi connectivity index (χ3n) is 5.61. The number of nitrogens with one attached hydrogen (secondary N) is 1. The van der Waals surface area contributed by atoms with Gasteiger partial charge < -0.3 is 0 Å². The molecule has 3 aromatic rings. The average Bonchev–Trinajstić information content (AvgIpc) is 3.46. The molecule has 1 aliphatic heterocycles. The summed E-state index contributed by atoms with van der Waals surface area (Å²) in [5, 5.41) is 5.31. The van der Waals surface area contributed by atoms with E-state index in [2.05, 4.69) is 28.5 Å². The van der Waals surface area contributed by atoms with Gasteiger partial charge in [0.05, 0.1) is 17.1 Å². The van der Waals surface area contributed by atoms with E-state index in [4.69, 9.17) is 0 Å². The lowest BCUT2D eigenvalue weighted by Gasteiger charge is -2.17. The van der Waals surface area contributed by atoms with Crippen molar-refractivity contribution in [3.63, 3.8) is 0 Å². The number of hydrogen-bond donors (Lipinski definition) is 1. The number of aromatic nitrogens is 1. The second-order valence-corrected chi connectivity index (χ2v) is 10.5. The molecule has 1 amide bonds. The zero-order valence-corrected chi connectivity index (χ0v) is 17.9. The lowest BCUT2D eigenvalue weighted by molar-refractivity contribution is 0.102. The maximum Gasteiger partial charge on any atom is 0.257 e. The first-order chi connectivity index (χ1) is 14.5. The second-order valence-electron chi connectivity index (χ2n) is 7.62. The Bertz CT molecular complexity index is 1230. The Morgan fingerprint density at radius 1 is 1.07 bits per heavy atom. The third kappa shape index (κ3) is 3.61. The number of benzene rings is 2. The summed E-state index contributed by atoms with van der Waals surface area (Å²) in [6.45, 7) is 0.448. The molecule has 0 bridgehead atoms. The first kappa shape index (κ1) is 19.3. The Hall–Kier alpha value is -2.71. The van der Waals surface area contributed by atoms with Gasteiger partial charge in [-0.15, -0.1) is 11.3 Å². The van der Waals surface area contributed by atoms with Crippen LogP contribution in [-0.4, -0.2) is 31.6 Å². The molecule has 2 heterocycles. The molecule has 154 valence electrons. The highest BCUT2D eigenvalue weighted by atomic mass is 32.2. The minimum atomic E-state index is -3.28. The molecule has 6 nitrogen and oxygen atoms in total. The van der Waals surface area contributed by atoms with E-state index in [1.165, 1.54) is 33.2 Å². The standard InChI is InChI=1S/C22H21N3O3S2/c26-21(18-6-2-7-19(13-18)25-10-3-11-30(25,27)28)24-22-23-20(14-29-22)17-9-8-15-4-1-5-16(15)12-17/h2,6-9,12-14H,1,3-5,10-11H2,(H,23,24,26). The van der Waals surface area contributed by atoms with Crippen LogP contribution in [0, 0.1) is 0 Å². The van der Waals surface area contributed by atoms with Crippen molar-refractivity contribution in [2.24, 2.45) is 0 Å². The Balaban J connectivity index is 1.34. The number of hydrogen-bond acceptors (Lipinski definition) is 5. The van der Waals surface area contributed by atoms with E-state index < -0.39 is 10.0 Å². The number of fused-ring (bicyclic) bond motifs is 1. The van der Waals surface area contributed by atoms with Crippen LogP contribution in [0.3, 0.4) is 0 Å². The van der Waals surface area contributed by atoms with Gasteiger partial charge in [-0.1, -0.05) is 18.2 Å². The molecule has 0 saturated carbocycles. The highest BCUT2D eigenvalue weighted by Crippen LogP contribution is 2.30. The Morgan fingerprint density at radius 2 is 1.93 bits per heavy atom. The van der Waals surface area contributed by atoms with E-state index in [1.54, 1.807) is 24.3 Å². The van der Waals surface area contributed by atoms with Gasteiger partial charge >= 0.3 is 0 Å². The molecule has 8 heteroatoms. The zero-order valence-electron chi connectivity index (χ0n) is 16.3. The lowest BCUT2D eigenvalue weighted by atomic mass is 10.1. The molecular formula is C22H21N3O3S2. The number of carbonyl (C=O) groups excluding carboxylic acids is 1. The van der Waals surface area contributed by atoms with Crippen LogP contribution >= 0.6 is 11.3 Å². The minimum absolute atomic E-state index is 0.147. The van der Waals surface area contributed by atoms with Crippen LogP contribution in [0.2, 0.25) is 0 Å². The number of aryl methyl sites for hydroxylation is 2. The van der Waals surface area contributed by atoms with Crippen molar-refractivity contribution in [2.75, 3.05) is 21.9 Å². The molecule has 2 aliphatic rings. The van der Waals surface area contributed by atoms with Crippen molar-refractivity contribution >= 4 is 38.1 Å². The average molecular weight is 440 g/mol. The van der Waals surface area contributed by atoms with Crippen molar-refractivity contribution in [1.29, 1.82) is 0 Å². The van der Waals surface area contributed by atoms with Gasteiger partial charge in [0.2, 0.25) is 10.0 Å². The monoisotopic (exact) mass is 439 g/mol. The number of nitrogens with zero attached hydrogens (tertiary/aromatic N) is 2. The van der Waals surface area contributed by atoms with Crippen LogP contribution in [0.15, 0.2) is 47.8 Å². The SMILES string of the molecule is O=C(Nc1nc(-c2ccc3c(c2)CCC3)cs1)c1cccc(N2CCCS2(=O)=O)c1. The molecule has 0 unspecified atom stereocenters. The zero-order chi connectivity index (χ0) is 20.7. The second kappa shape index (κ2) is 7.52. The molecule has 0 spiro atoms. The van der Waals surface area contributed by atoms with Gasteiger partial charge in [-0.2, -0.15) is 0 Å². The minimum Gasteiger partial charge on any atom is -0.298 e. The Kier molecular flexibility index (Phi) is 4.83. The lowest BCUT2D eigenvalue weighted by Crippen LogP contribution is -2.25. The molecule has 2 aromatic carbocycles. The van der Waals surface area contributed by atoms with Gasteiger partial charge in [-0.05, 0) is 61.1 Å². The number of rotatable bonds is 4. The van der Waals surface area contributed by atoms with Crippen LogP contribution in [-0.2, 0) is 22.9 Å². The fourth-order valence-electron chi connectivity index (χ4n) is 4.10. The number of sulfonamides is 1. The van der Waals surface area contributed by atoms with Gasteiger partial charge in [0, 0.05) is 23.1 Å². The van der Waals surface area contributed by atoms with E-state index in [1.807, 2.05) is 5.38 Å². The molecule has 1 N–H and O–H groups in total. The number of anilines is 2. The Morgan fingerprint density at radius 3 is 2.77 bits per heavy atom. The Labute approximate surface area is 179 Å². The van der Waals surface area contributed by atoms with E-state index >= 15 is 0 Å². The van der Waals surface area contributed by atoms with E-state index in [-0.39, 0.29) is 11.7 Å². The molecule has 1 saturated heterocycles. The van der Waals surface area contributed by atoms with E-state index in [9.17, 15) is 13.2 Å². The predicted molar refractivity (Wildman–Crippen MR) is 120 cm³/mol. The summed E-state index contributed by atoms with van der Waals surface area (Å²) in [7, 11) is -3.28. The third-order valence-corrected chi connectivity index (χ3v) is 8.24. The summed E-state index contributed by atoms with van der Waals surface area (Å²) in [5.74, 6) is -0.156. The molecule has 1 aromatic heterocycles. The van der Waals surface area contributed by atoms with E-state index in [0.717, 1.165) is 24.1 Å². The molecule has 5 rings (SSSR count). The fraction of sp³-hybridized carbons (Fsp3) is 0.273. The van der Waals surface area contributed by atoms with Crippen LogP contribution in [0.1, 0.15) is 34.3 Å². The molecule has 1 fully saturated rings. The predicted octanol–water partition coefficient (Wildman–Crippen LogP) is 4.09. The van der Waals surface area contributed by atoms with Gasteiger partial charge in [0.1, 0.15) is 0 Å². The maximum absolute atomic E-state index is 12.7. The number of carbonyl (C=O) groups is 1. The van der Waals surface area contributed by atoms with Crippen LogP contribution < -0.4 is 9.62 Å². The molecular weight excluding hydrogens is 418 g/mol. The normalized spacial score (nSPS) is 17.1. The number of thiazole rings is 1. The first-order valence-corrected chi connectivity index (χ1v) is 12.5. The summed E-state index contributed by atoms with van der Waals surface area (Å²) in [6.07, 6.45) is 4.06. The first-order valence-electron chi connectivity index (χ1n) is 9.99. The van der Waals surface area contributed by atoms with Crippen LogP contribution in [0.5, 0.6) is 0 Å². The maximum atomic E-state index is 12.7. The quantitative estimate of drug-likeness (QED) is 0.664. The van der Waals surface area contributed by atoms with Gasteiger partial charge in [-0.25, -0.2) is 13.4 Å².